The first-order valence-corrected chi connectivity index (χ1v) is 7.27. The van der Waals surface area contributed by atoms with E-state index in [0.29, 0.717) is 6.42 Å². The lowest BCUT2D eigenvalue weighted by atomic mass is 9.84. The normalized spacial score (nSPS) is 39.2. The zero-order chi connectivity index (χ0) is 15.3. The monoisotopic (exact) mass is 294 g/mol. The summed E-state index contributed by atoms with van der Waals surface area (Å²) in [5, 5.41) is 21.1. The lowest BCUT2D eigenvalue weighted by molar-refractivity contribution is -0.240. The van der Waals surface area contributed by atoms with Crippen LogP contribution >= 0.6 is 0 Å². The maximum Gasteiger partial charge on any atom is 0.190 e. The third kappa shape index (κ3) is 2.60. The van der Waals surface area contributed by atoms with Gasteiger partial charge in [0, 0.05) is 6.42 Å². The van der Waals surface area contributed by atoms with Gasteiger partial charge in [0.2, 0.25) is 0 Å². The molecule has 21 heavy (non-hydrogen) atoms. The van der Waals surface area contributed by atoms with Crippen LogP contribution in [0.3, 0.4) is 0 Å². The van der Waals surface area contributed by atoms with E-state index in [1.807, 2.05) is 30.3 Å². The largest absolute Gasteiger partial charge is 0.391 e. The van der Waals surface area contributed by atoms with E-state index >= 15 is 0 Å². The molecule has 5 nitrogen and oxygen atoms in total. The highest BCUT2D eigenvalue weighted by molar-refractivity contribution is 5.21. The summed E-state index contributed by atoms with van der Waals surface area (Å²) >= 11 is 0. The van der Waals surface area contributed by atoms with Crippen LogP contribution in [-0.4, -0.2) is 46.2 Å². The minimum atomic E-state index is -1.33. The minimum Gasteiger partial charge on any atom is -0.391 e. The van der Waals surface area contributed by atoms with Crippen LogP contribution in [0.15, 0.2) is 30.3 Å². The highest BCUT2D eigenvalue weighted by Crippen LogP contribution is 2.45. The predicted octanol–water partition coefficient (Wildman–Crippen LogP) is 1.22. The van der Waals surface area contributed by atoms with Gasteiger partial charge < -0.3 is 24.4 Å². The summed E-state index contributed by atoms with van der Waals surface area (Å²) in [6.07, 6.45) is -2.51. The van der Waals surface area contributed by atoms with Crippen molar-refractivity contribution in [2.24, 2.45) is 0 Å². The summed E-state index contributed by atoms with van der Waals surface area (Å²) < 4.78 is 17.2. The topological polar surface area (TPSA) is 68.2 Å². The summed E-state index contributed by atoms with van der Waals surface area (Å²) in [6.45, 7) is 5.18. The van der Waals surface area contributed by atoms with Crippen LogP contribution in [0.25, 0.3) is 0 Å². The van der Waals surface area contributed by atoms with Crippen molar-refractivity contribution in [1.29, 1.82) is 0 Å². The molecule has 0 unspecified atom stereocenters. The summed E-state index contributed by atoms with van der Waals surface area (Å²) in [4.78, 5) is 0. The van der Waals surface area contributed by atoms with E-state index in [0.717, 1.165) is 5.56 Å². The molecule has 3 rings (SSSR count). The number of aliphatic hydroxyl groups excluding tert-OH is 1. The number of fused-ring (bicyclic) bond motifs is 1. The Hall–Kier alpha value is -0.980. The maximum atomic E-state index is 11.2. The van der Waals surface area contributed by atoms with E-state index in [9.17, 15) is 10.2 Å². The maximum absolute atomic E-state index is 11.2. The van der Waals surface area contributed by atoms with Crippen LogP contribution in [-0.2, 0) is 20.6 Å². The van der Waals surface area contributed by atoms with Gasteiger partial charge in [0.1, 0.15) is 17.8 Å². The van der Waals surface area contributed by atoms with Gasteiger partial charge in [-0.05, 0) is 26.3 Å². The SMILES string of the molecule is C[C@@H](O)[C@H]1O[C@@H]2OC(C)(C)O[C@@H]2[C@]1(O)Cc1ccccc1. The van der Waals surface area contributed by atoms with Crippen LogP contribution in [0, 0.1) is 0 Å². The molecule has 0 spiro atoms. The van der Waals surface area contributed by atoms with Gasteiger partial charge in [-0.25, -0.2) is 0 Å². The molecular formula is C16H22O5. The molecule has 0 radical (unpaired) electrons. The first kappa shape index (κ1) is 14.9. The van der Waals surface area contributed by atoms with Crippen molar-refractivity contribution in [2.45, 2.75) is 63.2 Å². The zero-order valence-electron chi connectivity index (χ0n) is 12.5. The van der Waals surface area contributed by atoms with Crippen LogP contribution in [0.5, 0.6) is 0 Å². The van der Waals surface area contributed by atoms with E-state index in [1.54, 1.807) is 20.8 Å². The summed E-state index contributed by atoms with van der Waals surface area (Å²) in [5.41, 5.74) is -0.364. The van der Waals surface area contributed by atoms with Gasteiger partial charge in [-0.15, -0.1) is 0 Å². The van der Waals surface area contributed by atoms with Gasteiger partial charge in [-0.3, -0.25) is 0 Å². The van der Waals surface area contributed by atoms with Gasteiger partial charge in [0.15, 0.2) is 12.1 Å². The average molecular weight is 294 g/mol. The van der Waals surface area contributed by atoms with E-state index in [4.69, 9.17) is 14.2 Å². The van der Waals surface area contributed by atoms with Crippen molar-refractivity contribution >= 4 is 0 Å². The summed E-state index contributed by atoms with van der Waals surface area (Å²) in [6, 6.07) is 9.63. The van der Waals surface area contributed by atoms with E-state index < -0.39 is 36.0 Å². The quantitative estimate of drug-likeness (QED) is 0.877. The van der Waals surface area contributed by atoms with Crippen molar-refractivity contribution in [2.75, 3.05) is 0 Å². The Morgan fingerprint density at radius 2 is 1.86 bits per heavy atom. The van der Waals surface area contributed by atoms with Crippen LogP contribution in [0.2, 0.25) is 0 Å². The smallest absolute Gasteiger partial charge is 0.190 e. The van der Waals surface area contributed by atoms with Crippen molar-refractivity contribution in [3.05, 3.63) is 35.9 Å². The predicted molar refractivity (Wildman–Crippen MR) is 75.5 cm³/mol. The average Bonchev–Trinajstić information content (AvgIpc) is 2.83. The van der Waals surface area contributed by atoms with Crippen LogP contribution < -0.4 is 0 Å². The fourth-order valence-electron chi connectivity index (χ4n) is 3.25. The fraction of sp³-hybridized carbons (Fsp3) is 0.625. The molecule has 2 aliphatic rings. The second-order valence-corrected chi connectivity index (χ2v) is 6.38. The third-order valence-corrected chi connectivity index (χ3v) is 4.09. The number of rotatable bonds is 3. The Balaban J connectivity index is 1.91. The third-order valence-electron chi connectivity index (χ3n) is 4.09. The Kier molecular flexibility index (Phi) is 3.58. The standard InChI is InChI=1S/C16H22O5/c1-10(17)12-16(18,9-11-7-5-4-6-8-11)13-14(19-12)21-15(2,3)20-13/h4-8,10,12-14,17-18H,9H2,1-3H3/t10-,12-,13+,14-,16+/m1/s1. The van der Waals surface area contributed by atoms with Gasteiger partial charge in [0.25, 0.3) is 0 Å². The molecule has 0 amide bonds. The molecule has 0 bridgehead atoms. The Morgan fingerprint density at radius 3 is 2.48 bits per heavy atom. The summed E-state index contributed by atoms with van der Waals surface area (Å²) in [7, 11) is 0. The van der Waals surface area contributed by atoms with Crippen LogP contribution in [0.4, 0.5) is 0 Å². The molecule has 5 heteroatoms. The first-order chi connectivity index (χ1) is 9.82. The molecule has 0 aliphatic carbocycles. The fourth-order valence-corrected chi connectivity index (χ4v) is 3.25. The molecule has 2 fully saturated rings. The van der Waals surface area contributed by atoms with Gasteiger partial charge in [0.05, 0.1) is 6.10 Å². The number of aliphatic hydroxyl groups is 2. The minimum absolute atomic E-state index is 0.337. The Morgan fingerprint density at radius 1 is 1.19 bits per heavy atom. The summed E-state index contributed by atoms with van der Waals surface area (Å²) in [5.74, 6) is -0.802. The number of benzene rings is 1. The first-order valence-electron chi connectivity index (χ1n) is 7.27. The highest BCUT2D eigenvalue weighted by atomic mass is 16.8. The van der Waals surface area contributed by atoms with Crippen molar-refractivity contribution in [1.82, 2.24) is 0 Å². The van der Waals surface area contributed by atoms with Gasteiger partial charge in [-0.1, -0.05) is 30.3 Å². The highest BCUT2D eigenvalue weighted by Gasteiger charge is 2.63. The lowest BCUT2D eigenvalue weighted by Crippen LogP contribution is -2.54. The van der Waals surface area contributed by atoms with Crippen LogP contribution in [0.1, 0.15) is 26.3 Å². The Bertz CT molecular complexity index is 501. The number of ether oxygens (including phenoxy) is 3. The number of hydrogen-bond donors (Lipinski definition) is 2. The van der Waals surface area contributed by atoms with Crippen molar-refractivity contribution in [3.8, 4) is 0 Å². The molecule has 1 aromatic rings. The molecule has 0 aromatic heterocycles. The van der Waals surface area contributed by atoms with Crippen molar-refractivity contribution in [3.63, 3.8) is 0 Å². The molecule has 116 valence electrons. The molecule has 1 aromatic carbocycles. The molecule has 2 N–H and O–H groups in total. The van der Waals surface area contributed by atoms with Gasteiger partial charge >= 0.3 is 0 Å². The molecule has 2 aliphatic heterocycles. The molecule has 2 saturated heterocycles. The lowest BCUT2D eigenvalue weighted by Gasteiger charge is -2.35. The van der Waals surface area contributed by atoms with E-state index in [1.165, 1.54) is 0 Å². The zero-order valence-corrected chi connectivity index (χ0v) is 12.5. The molecule has 0 saturated carbocycles. The second-order valence-electron chi connectivity index (χ2n) is 6.38. The number of hydrogen-bond acceptors (Lipinski definition) is 5. The van der Waals surface area contributed by atoms with E-state index in [-0.39, 0.29) is 0 Å². The van der Waals surface area contributed by atoms with Crippen molar-refractivity contribution < 1.29 is 24.4 Å². The van der Waals surface area contributed by atoms with E-state index in [2.05, 4.69) is 0 Å². The molecule has 2 heterocycles. The molecular weight excluding hydrogens is 272 g/mol. The Labute approximate surface area is 124 Å². The van der Waals surface area contributed by atoms with Gasteiger partial charge in [-0.2, -0.15) is 0 Å². The molecule has 5 atom stereocenters. The second kappa shape index (κ2) is 5.04.